The predicted molar refractivity (Wildman–Crippen MR) is 209 cm³/mol. The summed E-state index contributed by atoms with van der Waals surface area (Å²) in [6.45, 7) is 0. The molecule has 10 aromatic rings. The molecule has 51 heavy (non-hydrogen) atoms. The SMILES string of the molecule is c1ccc(-c2ccc(-c3ccc(-c4nc(-c5ccc6c(c5)oc5ccccc56)nc(-c5cccc6ccc7ccccc7c56)n4)cc3)cc2)cc1. The molecule has 238 valence electrons. The Bertz CT molecular complexity index is 2890. The first-order valence-corrected chi connectivity index (χ1v) is 17.1. The zero-order chi connectivity index (χ0) is 33.7. The highest BCUT2D eigenvalue weighted by atomic mass is 16.3. The van der Waals surface area contributed by atoms with E-state index in [1.54, 1.807) is 0 Å². The minimum atomic E-state index is 0.593. The van der Waals surface area contributed by atoms with Crippen molar-refractivity contribution in [1.29, 1.82) is 0 Å². The van der Waals surface area contributed by atoms with Gasteiger partial charge in [0.2, 0.25) is 0 Å². The lowest BCUT2D eigenvalue weighted by Crippen LogP contribution is -2.00. The summed E-state index contributed by atoms with van der Waals surface area (Å²) >= 11 is 0. The van der Waals surface area contributed by atoms with Crippen LogP contribution in [0, 0.1) is 0 Å². The Balaban J connectivity index is 1.11. The monoisotopic (exact) mass is 651 g/mol. The third-order valence-electron chi connectivity index (χ3n) is 9.75. The molecule has 4 heteroatoms. The molecule has 0 atom stereocenters. The highest BCUT2D eigenvalue weighted by molar-refractivity contribution is 6.13. The molecule has 2 heterocycles. The Labute approximate surface area is 294 Å². The van der Waals surface area contributed by atoms with Crippen LogP contribution in [0.2, 0.25) is 0 Å². The highest BCUT2D eigenvalue weighted by Crippen LogP contribution is 2.36. The van der Waals surface area contributed by atoms with Gasteiger partial charge in [-0.25, -0.2) is 15.0 Å². The molecule has 0 unspecified atom stereocenters. The molecule has 0 aliphatic rings. The van der Waals surface area contributed by atoms with Gasteiger partial charge in [-0.15, -0.1) is 0 Å². The van der Waals surface area contributed by atoms with E-state index in [9.17, 15) is 0 Å². The smallest absolute Gasteiger partial charge is 0.164 e. The lowest BCUT2D eigenvalue weighted by atomic mass is 9.97. The van der Waals surface area contributed by atoms with Gasteiger partial charge in [-0.3, -0.25) is 0 Å². The van der Waals surface area contributed by atoms with Gasteiger partial charge in [0.15, 0.2) is 17.5 Å². The van der Waals surface area contributed by atoms with Crippen LogP contribution in [-0.4, -0.2) is 15.0 Å². The molecule has 2 aromatic heterocycles. The molecule has 8 aromatic carbocycles. The van der Waals surface area contributed by atoms with E-state index in [-0.39, 0.29) is 0 Å². The Morgan fingerprint density at radius 1 is 0.314 bits per heavy atom. The molecule has 0 spiro atoms. The number of hydrogen-bond acceptors (Lipinski definition) is 4. The van der Waals surface area contributed by atoms with Crippen LogP contribution in [-0.2, 0) is 0 Å². The molecular formula is C47H29N3O. The quantitative estimate of drug-likeness (QED) is 0.174. The van der Waals surface area contributed by atoms with Crippen LogP contribution in [0.15, 0.2) is 180 Å². The molecule has 10 rings (SSSR count). The number of hydrogen-bond donors (Lipinski definition) is 0. The number of nitrogens with zero attached hydrogens (tertiary/aromatic N) is 3. The Morgan fingerprint density at radius 2 is 0.843 bits per heavy atom. The first kappa shape index (κ1) is 29.0. The molecular weight excluding hydrogens is 623 g/mol. The fraction of sp³-hybridized carbons (Fsp3) is 0. The van der Waals surface area contributed by atoms with E-state index < -0.39 is 0 Å². The molecule has 0 aliphatic heterocycles. The van der Waals surface area contributed by atoms with Crippen molar-refractivity contribution in [3.8, 4) is 56.4 Å². The van der Waals surface area contributed by atoms with Gasteiger partial charge in [0.25, 0.3) is 0 Å². The van der Waals surface area contributed by atoms with Gasteiger partial charge in [0, 0.05) is 32.8 Å². The summed E-state index contributed by atoms with van der Waals surface area (Å²) in [5.74, 6) is 1.83. The van der Waals surface area contributed by atoms with E-state index in [1.807, 2.05) is 30.3 Å². The molecule has 0 N–H and O–H groups in total. The van der Waals surface area contributed by atoms with Crippen molar-refractivity contribution in [3.05, 3.63) is 176 Å². The van der Waals surface area contributed by atoms with Gasteiger partial charge in [0.05, 0.1) is 0 Å². The number of fused-ring (bicyclic) bond motifs is 6. The number of rotatable bonds is 5. The van der Waals surface area contributed by atoms with E-state index in [2.05, 4.69) is 146 Å². The normalized spacial score (nSPS) is 11.5. The number of furan rings is 1. The highest BCUT2D eigenvalue weighted by Gasteiger charge is 2.17. The van der Waals surface area contributed by atoms with Gasteiger partial charge >= 0.3 is 0 Å². The average molecular weight is 652 g/mol. The summed E-state index contributed by atoms with van der Waals surface area (Å²) in [4.78, 5) is 15.4. The topological polar surface area (TPSA) is 51.8 Å². The van der Waals surface area contributed by atoms with Gasteiger partial charge < -0.3 is 4.42 Å². The first-order chi connectivity index (χ1) is 25.2. The summed E-state index contributed by atoms with van der Waals surface area (Å²) < 4.78 is 6.27. The Kier molecular flexibility index (Phi) is 6.78. The second kappa shape index (κ2) is 11.9. The van der Waals surface area contributed by atoms with Crippen LogP contribution in [0.5, 0.6) is 0 Å². The van der Waals surface area contributed by atoms with Gasteiger partial charge in [-0.1, -0.05) is 158 Å². The second-order valence-corrected chi connectivity index (χ2v) is 12.8. The number of para-hydroxylation sites is 1. The summed E-state index contributed by atoms with van der Waals surface area (Å²) in [5, 5.41) is 6.77. The van der Waals surface area contributed by atoms with Crippen LogP contribution in [0.4, 0.5) is 0 Å². The largest absolute Gasteiger partial charge is 0.456 e. The summed E-state index contributed by atoms with van der Waals surface area (Å²) in [6.07, 6.45) is 0. The molecule has 4 nitrogen and oxygen atoms in total. The average Bonchev–Trinajstić information content (AvgIpc) is 3.59. The molecule has 0 amide bonds. The van der Waals surface area contributed by atoms with Crippen LogP contribution >= 0.6 is 0 Å². The molecule has 0 saturated carbocycles. The standard InChI is InChI=1S/C47H29N3O/c1-2-9-30(10-3-1)31-17-19-32(20-18-31)33-21-25-36(26-22-33)45-48-46(37-27-28-40-39-14-6-7-16-42(39)51-43(40)29-37)50-47(49-45)41-15-8-12-35-24-23-34-11-4-5-13-38(34)44(35)41/h1-29H. The van der Waals surface area contributed by atoms with E-state index >= 15 is 0 Å². The lowest BCUT2D eigenvalue weighted by Gasteiger charge is -2.12. The third kappa shape index (κ3) is 5.13. The van der Waals surface area contributed by atoms with E-state index in [1.165, 1.54) is 21.9 Å². The van der Waals surface area contributed by atoms with Crippen LogP contribution in [0.3, 0.4) is 0 Å². The van der Waals surface area contributed by atoms with Crippen molar-refractivity contribution in [2.24, 2.45) is 0 Å². The van der Waals surface area contributed by atoms with Gasteiger partial charge in [-0.05, 0) is 56.6 Å². The predicted octanol–water partition coefficient (Wildman–Crippen LogP) is 12.4. The second-order valence-electron chi connectivity index (χ2n) is 12.8. The first-order valence-electron chi connectivity index (χ1n) is 17.1. The van der Waals surface area contributed by atoms with Crippen LogP contribution in [0.25, 0.3) is 99.9 Å². The molecule has 0 bridgehead atoms. The van der Waals surface area contributed by atoms with E-state index in [0.29, 0.717) is 17.5 Å². The summed E-state index contributed by atoms with van der Waals surface area (Å²) in [6, 6.07) is 61.1. The van der Waals surface area contributed by atoms with E-state index in [0.717, 1.165) is 60.5 Å². The van der Waals surface area contributed by atoms with Crippen molar-refractivity contribution in [3.63, 3.8) is 0 Å². The fourth-order valence-electron chi connectivity index (χ4n) is 7.16. The van der Waals surface area contributed by atoms with Crippen molar-refractivity contribution in [2.75, 3.05) is 0 Å². The lowest BCUT2D eigenvalue weighted by molar-refractivity contribution is 0.669. The number of aromatic nitrogens is 3. The minimum Gasteiger partial charge on any atom is -0.456 e. The van der Waals surface area contributed by atoms with Crippen molar-refractivity contribution in [1.82, 2.24) is 15.0 Å². The minimum absolute atomic E-state index is 0.593. The molecule has 0 radical (unpaired) electrons. The summed E-state index contributed by atoms with van der Waals surface area (Å²) in [5.41, 5.74) is 9.10. The zero-order valence-electron chi connectivity index (χ0n) is 27.5. The maximum atomic E-state index is 6.27. The molecule has 0 aliphatic carbocycles. The maximum Gasteiger partial charge on any atom is 0.164 e. The fourth-order valence-corrected chi connectivity index (χ4v) is 7.16. The zero-order valence-corrected chi connectivity index (χ0v) is 27.5. The van der Waals surface area contributed by atoms with Crippen molar-refractivity contribution >= 4 is 43.5 Å². The Morgan fingerprint density at radius 3 is 1.61 bits per heavy atom. The molecule has 0 saturated heterocycles. The van der Waals surface area contributed by atoms with Crippen molar-refractivity contribution < 1.29 is 4.42 Å². The van der Waals surface area contributed by atoms with Gasteiger partial charge in [0.1, 0.15) is 11.2 Å². The third-order valence-corrected chi connectivity index (χ3v) is 9.75. The van der Waals surface area contributed by atoms with Crippen molar-refractivity contribution in [2.45, 2.75) is 0 Å². The maximum absolute atomic E-state index is 6.27. The summed E-state index contributed by atoms with van der Waals surface area (Å²) in [7, 11) is 0. The van der Waals surface area contributed by atoms with Gasteiger partial charge in [-0.2, -0.15) is 0 Å². The van der Waals surface area contributed by atoms with Crippen LogP contribution in [0.1, 0.15) is 0 Å². The van der Waals surface area contributed by atoms with Crippen LogP contribution < -0.4 is 0 Å². The Hall–Kier alpha value is -6.91. The molecule has 0 fully saturated rings. The number of benzene rings is 8. The van der Waals surface area contributed by atoms with E-state index in [4.69, 9.17) is 19.4 Å².